The van der Waals surface area contributed by atoms with Crippen LogP contribution in [0.25, 0.3) is 0 Å². The Morgan fingerprint density at radius 1 is 0.938 bits per heavy atom. The fourth-order valence-corrected chi connectivity index (χ4v) is 1.52. The van der Waals surface area contributed by atoms with Gasteiger partial charge in [0.1, 0.15) is 5.15 Å². The summed E-state index contributed by atoms with van der Waals surface area (Å²) >= 11 is 11.4. The van der Waals surface area contributed by atoms with Gasteiger partial charge in [0.15, 0.2) is 5.82 Å². The van der Waals surface area contributed by atoms with Crippen LogP contribution < -0.4 is 10.9 Å². The number of nitrogens with one attached hydrogen (secondary N) is 2. The molecule has 16 heavy (non-hydrogen) atoms. The van der Waals surface area contributed by atoms with Gasteiger partial charge in [0, 0.05) is 6.07 Å². The largest absolute Gasteiger partial charge is 0.300 e. The van der Waals surface area contributed by atoms with E-state index in [9.17, 15) is 0 Å². The van der Waals surface area contributed by atoms with E-state index in [-0.39, 0.29) is 10.4 Å². The molecule has 2 aromatic rings. The van der Waals surface area contributed by atoms with Crippen molar-refractivity contribution >= 4 is 34.7 Å². The molecule has 0 aliphatic rings. The molecule has 0 saturated carbocycles. The molecule has 0 spiro atoms. The normalized spacial score (nSPS) is 9.88. The van der Waals surface area contributed by atoms with Crippen LogP contribution in [0.15, 0.2) is 36.4 Å². The van der Waals surface area contributed by atoms with E-state index in [1.165, 1.54) is 0 Å². The molecular weight excluding hydrogens is 247 g/mol. The number of anilines is 2. The van der Waals surface area contributed by atoms with E-state index < -0.39 is 0 Å². The van der Waals surface area contributed by atoms with E-state index in [1.807, 2.05) is 30.3 Å². The van der Waals surface area contributed by atoms with Gasteiger partial charge in [-0.25, -0.2) is 4.98 Å². The molecule has 2 rings (SSSR count). The average Bonchev–Trinajstić information content (AvgIpc) is 2.27. The molecule has 6 heteroatoms. The number of hydrazine groups is 1. The molecular formula is C10H8Cl2N4. The van der Waals surface area contributed by atoms with Crippen molar-refractivity contribution in [1.29, 1.82) is 0 Å². The molecule has 0 amide bonds. The second kappa shape index (κ2) is 5.01. The lowest BCUT2D eigenvalue weighted by Crippen LogP contribution is -2.10. The van der Waals surface area contributed by atoms with E-state index in [2.05, 4.69) is 20.8 Å². The molecule has 0 fully saturated rings. The summed E-state index contributed by atoms with van der Waals surface area (Å²) in [6, 6.07) is 11.2. The lowest BCUT2D eigenvalue weighted by atomic mass is 10.3. The number of para-hydroxylation sites is 1. The van der Waals surface area contributed by atoms with Crippen LogP contribution in [0.2, 0.25) is 10.4 Å². The highest BCUT2D eigenvalue weighted by atomic mass is 35.5. The van der Waals surface area contributed by atoms with Crippen molar-refractivity contribution in [1.82, 2.24) is 9.97 Å². The minimum absolute atomic E-state index is 0.102. The molecule has 0 bridgehead atoms. The first-order valence-corrected chi connectivity index (χ1v) is 5.27. The van der Waals surface area contributed by atoms with Crippen molar-refractivity contribution < 1.29 is 0 Å². The van der Waals surface area contributed by atoms with Crippen molar-refractivity contribution in [3.05, 3.63) is 46.8 Å². The standard InChI is InChI=1S/C10H8Cl2N4/c11-8-6-9(14-10(12)13-8)16-15-7-4-2-1-3-5-7/h1-6,15H,(H,13,14,16). The number of halogens is 2. The topological polar surface area (TPSA) is 49.8 Å². The lowest BCUT2D eigenvalue weighted by molar-refractivity contribution is 1.15. The van der Waals surface area contributed by atoms with Gasteiger partial charge in [-0.1, -0.05) is 29.8 Å². The van der Waals surface area contributed by atoms with Gasteiger partial charge in [0.2, 0.25) is 5.28 Å². The summed E-state index contributed by atoms with van der Waals surface area (Å²) in [6.07, 6.45) is 0. The summed E-state index contributed by atoms with van der Waals surface area (Å²) in [6.45, 7) is 0. The average molecular weight is 255 g/mol. The smallest absolute Gasteiger partial charge is 0.225 e. The molecule has 0 aliphatic heterocycles. The zero-order chi connectivity index (χ0) is 11.4. The third kappa shape index (κ3) is 2.98. The Labute approximate surface area is 103 Å². The van der Waals surface area contributed by atoms with Gasteiger partial charge in [0.25, 0.3) is 0 Å². The molecule has 1 heterocycles. The Morgan fingerprint density at radius 2 is 1.69 bits per heavy atom. The van der Waals surface area contributed by atoms with Crippen LogP contribution in [-0.4, -0.2) is 9.97 Å². The molecule has 4 nitrogen and oxygen atoms in total. The van der Waals surface area contributed by atoms with Crippen molar-refractivity contribution in [2.24, 2.45) is 0 Å². The Bertz CT molecular complexity index is 455. The Kier molecular flexibility index (Phi) is 3.44. The maximum atomic E-state index is 5.73. The fraction of sp³-hybridized carbons (Fsp3) is 0. The quantitative estimate of drug-likeness (QED) is 0.502. The number of hydrogen-bond donors (Lipinski definition) is 2. The van der Waals surface area contributed by atoms with Gasteiger partial charge in [0.05, 0.1) is 5.69 Å². The van der Waals surface area contributed by atoms with Crippen LogP contribution in [0, 0.1) is 0 Å². The first kappa shape index (κ1) is 11.0. The summed E-state index contributed by atoms with van der Waals surface area (Å²) in [5, 5.41) is 0.391. The predicted molar refractivity (Wildman–Crippen MR) is 65.7 cm³/mol. The molecule has 0 unspecified atom stereocenters. The van der Waals surface area contributed by atoms with E-state index in [1.54, 1.807) is 6.07 Å². The first-order chi connectivity index (χ1) is 7.74. The zero-order valence-electron chi connectivity index (χ0n) is 8.11. The van der Waals surface area contributed by atoms with Gasteiger partial charge < -0.3 is 0 Å². The van der Waals surface area contributed by atoms with E-state index in [0.717, 1.165) is 5.69 Å². The van der Waals surface area contributed by atoms with Gasteiger partial charge in [-0.3, -0.25) is 10.9 Å². The van der Waals surface area contributed by atoms with E-state index in [0.29, 0.717) is 5.82 Å². The van der Waals surface area contributed by atoms with Gasteiger partial charge in [-0.15, -0.1) is 0 Å². The minimum Gasteiger partial charge on any atom is -0.300 e. The van der Waals surface area contributed by atoms with Crippen molar-refractivity contribution in [3.63, 3.8) is 0 Å². The van der Waals surface area contributed by atoms with E-state index >= 15 is 0 Å². The highest BCUT2D eigenvalue weighted by molar-refractivity contribution is 6.32. The molecule has 0 radical (unpaired) electrons. The molecule has 0 aliphatic carbocycles. The molecule has 2 N–H and O–H groups in total. The Hall–Kier alpha value is -1.52. The third-order valence-corrected chi connectivity index (χ3v) is 2.14. The monoisotopic (exact) mass is 254 g/mol. The van der Waals surface area contributed by atoms with Crippen molar-refractivity contribution in [3.8, 4) is 0 Å². The number of rotatable bonds is 3. The van der Waals surface area contributed by atoms with Crippen LogP contribution in [0.1, 0.15) is 0 Å². The second-order valence-electron chi connectivity index (χ2n) is 2.96. The van der Waals surface area contributed by atoms with Gasteiger partial charge in [-0.05, 0) is 23.7 Å². The number of nitrogens with zero attached hydrogens (tertiary/aromatic N) is 2. The summed E-state index contributed by atoms with van der Waals surface area (Å²) in [5.41, 5.74) is 6.74. The Balaban J connectivity index is 2.05. The minimum atomic E-state index is 0.102. The molecule has 1 aromatic carbocycles. The van der Waals surface area contributed by atoms with Gasteiger partial charge in [-0.2, -0.15) is 4.98 Å². The summed E-state index contributed by atoms with van der Waals surface area (Å²) in [7, 11) is 0. The lowest BCUT2D eigenvalue weighted by Gasteiger charge is -2.08. The number of benzene rings is 1. The zero-order valence-corrected chi connectivity index (χ0v) is 9.63. The maximum Gasteiger partial charge on any atom is 0.225 e. The van der Waals surface area contributed by atoms with Crippen LogP contribution in [-0.2, 0) is 0 Å². The van der Waals surface area contributed by atoms with Crippen molar-refractivity contribution in [2.45, 2.75) is 0 Å². The Morgan fingerprint density at radius 3 is 2.38 bits per heavy atom. The highest BCUT2D eigenvalue weighted by Crippen LogP contribution is 2.14. The van der Waals surface area contributed by atoms with Crippen LogP contribution >= 0.6 is 23.2 Å². The first-order valence-electron chi connectivity index (χ1n) is 4.51. The molecule has 1 aromatic heterocycles. The van der Waals surface area contributed by atoms with Gasteiger partial charge >= 0.3 is 0 Å². The summed E-state index contributed by atoms with van der Waals surface area (Å²) in [5.74, 6) is 0.508. The number of hydrogen-bond acceptors (Lipinski definition) is 4. The molecule has 82 valence electrons. The SMILES string of the molecule is Clc1cc(NNc2ccccc2)nc(Cl)n1. The van der Waals surface area contributed by atoms with Crippen molar-refractivity contribution in [2.75, 3.05) is 10.9 Å². The number of aromatic nitrogens is 2. The van der Waals surface area contributed by atoms with Crippen LogP contribution in [0.5, 0.6) is 0 Å². The maximum absolute atomic E-state index is 5.73. The fourth-order valence-electron chi connectivity index (χ4n) is 1.11. The van der Waals surface area contributed by atoms with E-state index in [4.69, 9.17) is 23.2 Å². The third-order valence-electron chi connectivity index (χ3n) is 1.78. The summed E-state index contributed by atoms with van der Waals surface area (Å²) < 4.78 is 0. The molecule has 0 atom stereocenters. The van der Waals surface area contributed by atoms with Crippen LogP contribution in [0.3, 0.4) is 0 Å². The highest BCUT2D eigenvalue weighted by Gasteiger charge is 2.00. The second-order valence-corrected chi connectivity index (χ2v) is 3.69. The predicted octanol–water partition coefficient (Wildman–Crippen LogP) is 3.22. The molecule has 0 saturated heterocycles. The van der Waals surface area contributed by atoms with Crippen LogP contribution in [0.4, 0.5) is 11.5 Å². The summed E-state index contributed by atoms with van der Waals surface area (Å²) in [4.78, 5) is 7.69.